The number of nitrogens with zero attached hydrogens (tertiary/aromatic N) is 3. The van der Waals surface area contributed by atoms with Crippen molar-refractivity contribution >= 4 is 30.0 Å². The monoisotopic (exact) mass is 417 g/mol. The van der Waals surface area contributed by atoms with Gasteiger partial charge in [-0.25, -0.2) is 18.7 Å². The van der Waals surface area contributed by atoms with Crippen molar-refractivity contribution in [1.29, 1.82) is 10.8 Å². The number of para-hydroxylation sites is 1. The molecule has 160 valence electrons. The second kappa shape index (κ2) is 9.86. The topological polar surface area (TPSA) is 132 Å². The van der Waals surface area contributed by atoms with E-state index in [0.29, 0.717) is 5.69 Å². The first-order valence-electron chi connectivity index (χ1n) is 9.27. The Bertz CT molecular complexity index is 897. The zero-order valence-electron chi connectivity index (χ0n) is 16.8. The Morgan fingerprint density at radius 2 is 1.93 bits per heavy atom. The second-order valence-electron chi connectivity index (χ2n) is 6.86. The largest absolute Gasteiger partial charge is 0.398 e. The molecule has 1 aliphatic rings. The van der Waals surface area contributed by atoms with Gasteiger partial charge in [-0.3, -0.25) is 4.79 Å². The molecule has 8 nitrogen and oxygen atoms in total. The highest BCUT2D eigenvalue weighted by atomic mass is 19.3. The van der Waals surface area contributed by atoms with Gasteiger partial charge in [-0.2, -0.15) is 0 Å². The van der Waals surface area contributed by atoms with Crippen molar-refractivity contribution in [2.45, 2.75) is 32.2 Å². The van der Waals surface area contributed by atoms with E-state index in [9.17, 15) is 13.6 Å². The predicted octanol–water partition coefficient (Wildman–Crippen LogP) is 2.92. The molecule has 1 aromatic heterocycles. The maximum atomic E-state index is 14.4. The maximum Gasteiger partial charge on any atom is 0.271 e. The predicted molar refractivity (Wildman–Crippen MR) is 113 cm³/mol. The minimum Gasteiger partial charge on any atom is -0.398 e. The van der Waals surface area contributed by atoms with Gasteiger partial charge in [-0.15, -0.1) is 0 Å². The number of benzene rings is 1. The van der Waals surface area contributed by atoms with E-state index in [1.807, 2.05) is 6.92 Å². The van der Waals surface area contributed by atoms with Gasteiger partial charge >= 0.3 is 0 Å². The van der Waals surface area contributed by atoms with Crippen molar-refractivity contribution in [2.24, 2.45) is 0 Å². The molecular weight excluding hydrogens is 392 g/mol. The first-order valence-corrected chi connectivity index (χ1v) is 9.27. The summed E-state index contributed by atoms with van der Waals surface area (Å²) in [6, 6.07) is 3.74. The van der Waals surface area contributed by atoms with Crippen LogP contribution in [0.25, 0.3) is 0 Å². The summed E-state index contributed by atoms with van der Waals surface area (Å²) in [7, 11) is 0. The summed E-state index contributed by atoms with van der Waals surface area (Å²) in [5.74, 6) is -3.23. The Morgan fingerprint density at radius 1 is 1.30 bits per heavy atom. The number of halogens is 2. The third-order valence-electron chi connectivity index (χ3n) is 4.68. The average molecular weight is 417 g/mol. The lowest BCUT2D eigenvalue weighted by atomic mass is 10.1. The Morgan fingerprint density at radius 3 is 2.53 bits per heavy atom. The van der Waals surface area contributed by atoms with Crippen LogP contribution in [0.3, 0.4) is 0 Å². The number of aromatic nitrogens is 2. The average Bonchev–Trinajstić information content (AvgIpc) is 3.03. The van der Waals surface area contributed by atoms with E-state index in [0.717, 1.165) is 23.6 Å². The normalized spacial score (nSPS) is 16.9. The number of nitrogen functional groups attached to an aromatic ring is 1. The third kappa shape index (κ3) is 5.34. The number of hydrogen-bond acceptors (Lipinski definition) is 7. The van der Waals surface area contributed by atoms with Gasteiger partial charge in [0, 0.05) is 50.0 Å². The van der Waals surface area contributed by atoms with Crippen molar-refractivity contribution in [3.63, 3.8) is 0 Å². The molecule has 2 heterocycles. The van der Waals surface area contributed by atoms with Gasteiger partial charge in [-0.05, 0) is 31.0 Å². The highest BCUT2D eigenvalue weighted by Gasteiger charge is 2.50. The molecule has 3 rings (SSSR count). The molecule has 5 N–H and O–H groups in total. The molecule has 1 amide bonds. The van der Waals surface area contributed by atoms with E-state index in [4.69, 9.17) is 16.6 Å². The number of anilines is 2. The van der Waals surface area contributed by atoms with Crippen molar-refractivity contribution in [3.8, 4) is 0 Å². The smallest absolute Gasteiger partial charge is 0.271 e. The maximum absolute atomic E-state index is 14.4. The molecule has 2 aromatic rings. The van der Waals surface area contributed by atoms with Crippen LogP contribution in [0, 0.1) is 24.7 Å². The van der Waals surface area contributed by atoms with E-state index in [-0.39, 0.29) is 31.0 Å². The summed E-state index contributed by atoms with van der Waals surface area (Å²) in [6.07, 6.45) is 4.64. The lowest BCUT2D eigenvalue weighted by molar-refractivity contribution is -0.0248. The molecule has 30 heavy (non-hydrogen) atoms. The van der Waals surface area contributed by atoms with Gasteiger partial charge in [-0.1, -0.05) is 12.1 Å². The molecule has 0 aliphatic carbocycles. The van der Waals surface area contributed by atoms with Gasteiger partial charge in [0.05, 0.1) is 5.56 Å². The van der Waals surface area contributed by atoms with Crippen molar-refractivity contribution in [2.75, 3.05) is 24.1 Å². The number of aryl methyl sites for hydroxylation is 2. The molecule has 0 spiro atoms. The van der Waals surface area contributed by atoms with Crippen molar-refractivity contribution in [3.05, 3.63) is 47.3 Å². The van der Waals surface area contributed by atoms with Crippen LogP contribution < -0.4 is 11.1 Å². The van der Waals surface area contributed by atoms with Gasteiger partial charge in [0.2, 0.25) is 5.95 Å². The summed E-state index contributed by atoms with van der Waals surface area (Å²) < 4.78 is 28.8. The van der Waals surface area contributed by atoms with Crippen molar-refractivity contribution < 1.29 is 13.6 Å². The minimum absolute atomic E-state index is 0.0275. The fourth-order valence-corrected chi connectivity index (χ4v) is 3.02. The molecule has 0 saturated carbocycles. The summed E-state index contributed by atoms with van der Waals surface area (Å²) in [5.41, 5.74) is 8.15. The molecule has 1 aliphatic heterocycles. The van der Waals surface area contributed by atoms with Gasteiger partial charge in [0.15, 0.2) is 0 Å². The Labute approximate surface area is 173 Å². The lowest BCUT2D eigenvalue weighted by Gasteiger charge is -2.28. The quantitative estimate of drug-likeness (QED) is 0.439. The molecule has 10 heteroatoms. The zero-order chi connectivity index (χ0) is 22.3. The van der Waals surface area contributed by atoms with Crippen LogP contribution in [0.1, 0.15) is 27.9 Å². The first kappa shape index (κ1) is 22.9. The molecule has 0 bridgehead atoms. The van der Waals surface area contributed by atoms with Gasteiger partial charge in [0.1, 0.15) is 6.04 Å². The van der Waals surface area contributed by atoms with Crippen LogP contribution in [0.15, 0.2) is 30.6 Å². The number of carbonyl (C=O) groups excluding carboxylic acids is 1. The molecule has 1 aromatic carbocycles. The standard InChI is InChI=1S/C18H21F2N5O.C2H4N2/c1-11-8-22-17(23-9-11)24-10-14-18(19,20)6-7-25(14)16(26)13-5-3-4-12(2)15(13)21;3-1-2-4/h3-5,8-9,14H,6-7,10,21H2,1-2H3,(H,22,23,24);1-4H/t14-;/m1./s1. The molecular formula is C20H25F2N7O. The van der Waals surface area contributed by atoms with E-state index < -0.39 is 17.9 Å². The number of amides is 1. The molecule has 1 atom stereocenters. The summed E-state index contributed by atoms with van der Waals surface area (Å²) in [4.78, 5) is 22.1. The number of rotatable bonds is 5. The number of hydrogen-bond donors (Lipinski definition) is 4. The third-order valence-corrected chi connectivity index (χ3v) is 4.68. The number of carbonyl (C=O) groups is 1. The van der Waals surface area contributed by atoms with Crippen LogP contribution in [0.5, 0.6) is 0 Å². The summed E-state index contributed by atoms with van der Waals surface area (Å²) in [6.45, 7) is 3.44. The Kier molecular flexibility index (Phi) is 7.51. The van der Waals surface area contributed by atoms with Crippen LogP contribution in [0.2, 0.25) is 0 Å². The first-order chi connectivity index (χ1) is 14.2. The number of likely N-dealkylation sites (tertiary alicyclic amines) is 1. The molecule has 0 unspecified atom stereocenters. The van der Waals surface area contributed by atoms with Crippen LogP contribution in [0.4, 0.5) is 20.4 Å². The second-order valence-corrected chi connectivity index (χ2v) is 6.86. The fraction of sp³-hybridized carbons (Fsp3) is 0.350. The SMILES string of the molecule is Cc1cnc(NC[C@H]2N(C(=O)c3cccc(C)c3N)CCC2(F)F)nc1.N=CC=N. The number of nitrogens with one attached hydrogen (secondary N) is 3. The van der Waals surface area contributed by atoms with E-state index in [1.54, 1.807) is 37.5 Å². The van der Waals surface area contributed by atoms with E-state index >= 15 is 0 Å². The fourth-order valence-electron chi connectivity index (χ4n) is 3.02. The van der Waals surface area contributed by atoms with Crippen LogP contribution in [-0.2, 0) is 0 Å². The van der Waals surface area contributed by atoms with Gasteiger partial charge in [0.25, 0.3) is 11.8 Å². The number of nitrogens with two attached hydrogens (primary N) is 1. The number of alkyl halides is 2. The molecule has 1 fully saturated rings. The summed E-state index contributed by atoms with van der Waals surface area (Å²) >= 11 is 0. The minimum atomic E-state index is -2.99. The highest BCUT2D eigenvalue weighted by molar-refractivity contribution is 6.12. The van der Waals surface area contributed by atoms with Crippen LogP contribution >= 0.6 is 0 Å². The highest BCUT2D eigenvalue weighted by Crippen LogP contribution is 2.35. The van der Waals surface area contributed by atoms with Crippen molar-refractivity contribution in [1.82, 2.24) is 14.9 Å². The molecule has 1 saturated heterocycles. The van der Waals surface area contributed by atoms with Gasteiger partial charge < -0.3 is 26.8 Å². The Balaban J connectivity index is 0.000000735. The molecule has 0 radical (unpaired) electrons. The van der Waals surface area contributed by atoms with E-state index in [1.165, 1.54) is 4.90 Å². The Hall–Kier alpha value is -3.43. The van der Waals surface area contributed by atoms with E-state index in [2.05, 4.69) is 15.3 Å². The lowest BCUT2D eigenvalue weighted by Crippen LogP contribution is -2.47. The zero-order valence-corrected chi connectivity index (χ0v) is 16.8. The van der Waals surface area contributed by atoms with Crippen LogP contribution in [-0.4, -0.2) is 58.3 Å². The summed E-state index contributed by atoms with van der Waals surface area (Å²) in [5, 5.41) is 15.0.